The molecule has 2 aliphatic rings. The number of benzene rings is 2. The zero-order valence-electron chi connectivity index (χ0n) is 32.4. The minimum atomic E-state index is -0.420. The summed E-state index contributed by atoms with van der Waals surface area (Å²) in [6, 6.07) is 5.56. The molecule has 0 saturated heterocycles. The smallest absolute Gasteiger partial charge is 0.302 e. The molecule has 0 saturated carbocycles. The van der Waals surface area contributed by atoms with Crippen molar-refractivity contribution >= 4 is 35.1 Å². The maximum Gasteiger partial charge on any atom is 0.302 e. The molecule has 0 aliphatic carbocycles. The number of hydrogen-bond acceptors (Lipinski definition) is 12. The molecule has 2 heterocycles. The quantitative estimate of drug-likeness (QED) is 0.103. The predicted octanol–water partition coefficient (Wildman–Crippen LogP) is 5.97. The average Bonchev–Trinajstić information content (AvgIpc) is 3.76. The number of nitrogens with zero attached hydrogens (tertiary/aromatic N) is 2. The van der Waals surface area contributed by atoms with Crippen LogP contribution in [0.2, 0.25) is 0 Å². The van der Waals surface area contributed by atoms with Gasteiger partial charge in [-0.3, -0.25) is 19.2 Å². The number of ether oxygens (including phenoxy) is 6. The molecule has 0 bridgehead atoms. The molecular weight excluding hydrogens is 708 g/mol. The van der Waals surface area contributed by atoms with E-state index in [0.717, 1.165) is 17.6 Å². The molecule has 2 aliphatic heterocycles. The van der Waals surface area contributed by atoms with E-state index in [9.17, 15) is 19.2 Å². The van der Waals surface area contributed by atoms with Gasteiger partial charge in [-0.1, -0.05) is 24.3 Å². The summed E-state index contributed by atoms with van der Waals surface area (Å²) in [5.41, 5.74) is 15.5. The molecular formula is C41H52N4O10. The van der Waals surface area contributed by atoms with Crippen molar-refractivity contribution in [1.29, 1.82) is 0 Å². The fourth-order valence-corrected chi connectivity index (χ4v) is 6.31. The maximum atomic E-state index is 13.6. The number of nitrogen functional groups attached to an aromatic ring is 2. The largest absolute Gasteiger partial charge is 0.493 e. The zero-order chi connectivity index (χ0) is 40.1. The predicted molar refractivity (Wildman–Crippen MR) is 208 cm³/mol. The van der Waals surface area contributed by atoms with Crippen LogP contribution < -0.4 is 30.4 Å². The van der Waals surface area contributed by atoms with Gasteiger partial charge < -0.3 is 49.7 Å². The molecule has 4 rings (SSSR count). The molecule has 0 fully saturated rings. The lowest BCUT2D eigenvalue weighted by Crippen LogP contribution is -2.37. The maximum absolute atomic E-state index is 13.6. The molecule has 1 unspecified atom stereocenters. The van der Waals surface area contributed by atoms with Crippen LogP contribution in [-0.2, 0) is 19.1 Å². The molecule has 296 valence electrons. The van der Waals surface area contributed by atoms with Gasteiger partial charge in [0.05, 0.1) is 50.6 Å². The summed E-state index contributed by atoms with van der Waals surface area (Å²) in [5, 5.41) is 0. The van der Waals surface area contributed by atoms with Gasteiger partial charge in [0.15, 0.2) is 23.0 Å². The standard InChI is InChI=1S/C41H52N4O10/c1-7-12-28-16-30(24-54-26(3)46)44(22-28)40(48)32-18-36(50-5)38(20-34(32)42)52-14-10-9-11-15-53-39-21-35(43)33(19-37(39)51-6)41(49)45-23-29(13-8-2)17-31(45)25-55-27(4)47/h7-8,12-13,18-23,30-31H,9-11,14-17,24-25,42-43H2,1-6H3/b12-7+,13-8+/t30-,31?/m1/s1. The zero-order valence-corrected chi connectivity index (χ0v) is 32.4. The van der Waals surface area contributed by atoms with Gasteiger partial charge in [0.1, 0.15) is 13.2 Å². The number of hydrogen-bond donors (Lipinski definition) is 2. The van der Waals surface area contributed by atoms with Crippen LogP contribution in [0.3, 0.4) is 0 Å². The van der Waals surface area contributed by atoms with E-state index >= 15 is 0 Å². The van der Waals surface area contributed by atoms with Crippen LogP contribution in [0, 0.1) is 0 Å². The highest BCUT2D eigenvalue weighted by atomic mass is 16.5. The SMILES string of the molecule is C/C=C/C1=CN(C(=O)c2cc(OC)c(OCCCCCOc3cc(N)c(C(=O)N4C=C(/C=C/C)C[C@@H]4COC(C)=O)cc3OC)cc2N)C(COC(C)=O)C1. The average molecular weight is 761 g/mol. The number of esters is 2. The number of nitrogens with two attached hydrogens (primary N) is 2. The monoisotopic (exact) mass is 760 g/mol. The number of unbranched alkanes of at least 4 members (excludes halogenated alkanes) is 2. The molecule has 2 amide bonds. The first-order chi connectivity index (χ1) is 26.4. The number of allylic oxidation sites excluding steroid dienone is 4. The van der Waals surface area contributed by atoms with Crippen LogP contribution in [-0.4, -0.2) is 86.3 Å². The summed E-state index contributed by atoms with van der Waals surface area (Å²) in [5.74, 6) is 0.0146. The molecule has 2 atom stereocenters. The Bertz CT molecular complexity index is 1720. The van der Waals surface area contributed by atoms with E-state index in [4.69, 9.17) is 39.9 Å². The molecule has 2 aromatic carbocycles. The number of carbonyl (C=O) groups excluding carboxylic acids is 4. The number of methoxy groups -OCH3 is 2. The molecule has 14 nitrogen and oxygen atoms in total. The molecule has 55 heavy (non-hydrogen) atoms. The van der Waals surface area contributed by atoms with Crippen molar-refractivity contribution in [3.63, 3.8) is 0 Å². The second-order valence-electron chi connectivity index (χ2n) is 13.1. The third kappa shape index (κ3) is 11.1. The van der Waals surface area contributed by atoms with Crippen molar-refractivity contribution in [2.45, 2.75) is 71.9 Å². The molecule has 0 radical (unpaired) electrons. The number of amides is 2. The fraction of sp³-hybridized carbons (Fsp3) is 0.415. The van der Waals surface area contributed by atoms with Crippen LogP contribution >= 0.6 is 0 Å². The molecule has 0 spiro atoms. The highest BCUT2D eigenvalue weighted by Gasteiger charge is 2.33. The summed E-state index contributed by atoms with van der Waals surface area (Å²) in [6.45, 7) is 7.30. The van der Waals surface area contributed by atoms with Crippen molar-refractivity contribution in [3.05, 3.63) is 83.2 Å². The molecule has 2 aromatic rings. The van der Waals surface area contributed by atoms with E-state index in [-0.39, 0.29) is 59.6 Å². The molecule has 4 N–H and O–H groups in total. The summed E-state index contributed by atoms with van der Waals surface area (Å²) in [4.78, 5) is 53.3. The van der Waals surface area contributed by atoms with E-state index < -0.39 is 11.9 Å². The van der Waals surface area contributed by atoms with Gasteiger partial charge in [0.25, 0.3) is 11.8 Å². The lowest BCUT2D eigenvalue weighted by atomic mass is 10.1. The third-order valence-electron chi connectivity index (χ3n) is 8.96. The van der Waals surface area contributed by atoms with Crippen LogP contribution in [0.15, 0.2) is 72.1 Å². The minimum absolute atomic E-state index is 0.0630. The van der Waals surface area contributed by atoms with Crippen molar-refractivity contribution in [3.8, 4) is 23.0 Å². The van der Waals surface area contributed by atoms with E-state index in [1.807, 2.05) is 38.2 Å². The van der Waals surface area contributed by atoms with Crippen molar-refractivity contribution in [2.24, 2.45) is 0 Å². The topological polar surface area (TPSA) is 182 Å². The number of anilines is 2. The van der Waals surface area contributed by atoms with E-state index in [0.29, 0.717) is 61.9 Å². The second kappa shape index (κ2) is 20.0. The lowest BCUT2D eigenvalue weighted by Gasteiger charge is -2.24. The van der Waals surface area contributed by atoms with Gasteiger partial charge >= 0.3 is 11.9 Å². The first-order valence-electron chi connectivity index (χ1n) is 18.2. The van der Waals surface area contributed by atoms with Crippen LogP contribution in [0.25, 0.3) is 0 Å². The van der Waals surface area contributed by atoms with Gasteiger partial charge in [0, 0.05) is 49.8 Å². The Hall–Kier alpha value is -5.92. The Morgan fingerprint density at radius 2 is 1.05 bits per heavy atom. The summed E-state index contributed by atoms with van der Waals surface area (Å²) in [7, 11) is 2.98. The Morgan fingerprint density at radius 1 is 0.655 bits per heavy atom. The van der Waals surface area contributed by atoms with Gasteiger partial charge in [-0.25, -0.2) is 0 Å². The van der Waals surface area contributed by atoms with Crippen molar-refractivity contribution in [2.75, 3.05) is 52.1 Å². The summed E-state index contributed by atoms with van der Waals surface area (Å²) < 4.78 is 33.5. The van der Waals surface area contributed by atoms with Crippen LogP contribution in [0.4, 0.5) is 11.4 Å². The Morgan fingerprint density at radius 3 is 1.40 bits per heavy atom. The van der Waals surface area contributed by atoms with E-state index in [2.05, 4.69) is 0 Å². The molecule has 0 aromatic heterocycles. The highest BCUT2D eigenvalue weighted by Crippen LogP contribution is 2.36. The highest BCUT2D eigenvalue weighted by molar-refractivity contribution is 6.02. The van der Waals surface area contributed by atoms with Gasteiger partial charge in [0.2, 0.25) is 0 Å². The van der Waals surface area contributed by atoms with E-state index in [1.54, 1.807) is 46.5 Å². The normalized spacial score (nSPS) is 16.6. The Labute approximate surface area is 322 Å². The van der Waals surface area contributed by atoms with Crippen LogP contribution in [0.1, 0.15) is 80.5 Å². The Balaban J connectivity index is 1.31. The first kappa shape index (κ1) is 41.8. The van der Waals surface area contributed by atoms with Crippen molar-refractivity contribution in [1.82, 2.24) is 9.80 Å². The van der Waals surface area contributed by atoms with Crippen LogP contribution in [0.5, 0.6) is 23.0 Å². The van der Waals surface area contributed by atoms with Crippen molar-refractivity contribution < 1.29 is 47.6 Å². The lowest BCUT2D eigenvalue weighted by molar-refractivity contribution is -0.143. The number of rotatable bonds is 18. The van der Waals surface area contributed by atoms with E-state index in [1.165, 1.54) is 28.1 Å². The number of carbonyl (C=O) groups is 4. The third-order valence-corrected chi connectivity index (χ3v) is 8.96. The Kier molecular flexibility index (Phi) is 15.2. The van der Waals surface area contributed by atoms with Gasteiger partial charge in [-0.15, -0.1) is 0 Å². The minimum Gasteiger partial charge on any atom is -0.493 e. The first-order valence-corrected chi connectivity index (χ1v) is 18.2. The van der Waals surface area contributed by atoms with Gasteiger partial charge in [-0.05, 0) is 69.2 Å². The summed E-state index contributed by atoms with van der Waals surface area (Å²) >= 11 is 0. The fourth-order valence-electron chi connectivity index (χ4n) is 6.31. The second-order valence-corrected chi connectivity index (χ2v) is 13.1. The molecule has 14 heteroatoms. The summed E-state index contributed by atoms with van der Waals surface area (Å²) in [6.07, 6.45) is 14.3. The van der Waals surface area contributed by atoms with Gasteiger partial charge in [-0.2, -0.15) is 0 Å².